The molecule has 32 heavy (non-hydrogen) atoms. The molecule has 0 spiro atoms. The van der Waals surface area contributed by atoms with Crippen LogP contribution in [0.2, 0.25) is 0 Å². The molecule has 0 radical (unpaired) electrons. The van der Waals surface area contributed by atoms with Crippen molar-refractivity contribution < 1.29 is 19.2 Å². The molecule has 0 unspecified atom stereocenters. The van der Waals surface area contributed by atoms with Crippen LogP contribution in [0.5, 0.6) is 0 Å². The molecule has 0 bridgehead atoms. The molecule has 0 aromatic carbocycles. The number of amides is 4. The molecule has 0 aromatic heterocycles. The smallest absolute Gasteiger partial charge is 0.267 e. The highest BCUT2D eigenvalue weighted by Crippen LogP contribution is 2.19. The summed E-state index contributed by atoms with van der Waals surface area (Å²) in [6, 6.07) is 0.566. The Morgan fingerprint density at radius 3 is 1.50 bits per heavy atom. The second-order valence-corrected chi connectivity index (χ2v) is 8.42. The van der Waals surface area contributed by atoms with Crippen LogP contribution in [0.15, 0.2) is 48.1 Å². The summed E-state index contributed by atoms with van der Waals surface area (Å²) in [6.07, 6.45) is 15.2. The Hall–Kier alpha value is -3.56. The van der Waals surface area contributed by atoms with Crippen molar-refractivity contribution in [3.8, 4) is 0 Å². The van der Waals surface area contributed by atoms with Crippen LogP contribution < -0.4 is 21.5 Å². The predicted octanol–water partition coefficient (Wildman–Crippen LogP) is -0.102. The number of carbonyl (C=O) groups excluding carboxylic acids is 4. The van der Waals surface area contributed by atoms with E-state index in [2.05, 4.69) is 21.5 Å². The van der Waals surface area contributed by atoms with E-state index in [0.717, 1.165) is 25.7 Å². The lowest BCUT2D eigenvalue weighted by Crippen LogP contribution is -2.44. The number of allylic oxidation sites excluding steroid dienone is 2. The number of hydrazine groups is 1. The van der Waals surface area contributed by atoms with Gasteiger partial charge in [0.2, 0.25) is 11.8 Å². The molecule has 0 aromatic rings. The van der Waals surface area contributed by atoms with Gasteiger partial charge in [-0.2, -0.15) is 0 Å². The second kappa shape index (κ2) is 9.71. The van der Waals surface area contributed by atoms with Crippen LogP contribution in [0, 0.1) is 0 Å². The van der Waals surface area contributed by atoms with Crippen LogP contribution in [0.25, 0.3) is 0 Å². The van der Waals surface area contributed by atoms with Gasteiger partial charge in [0.15, 0.2) is 0 Å². The number of hydrogen-bond donors (Lipinski definition) is 4. The monoisotopic (exact) mass is 440 g/mol. The molecule has 170 valence electrons. The molecule has 4 rings (SSSR count). The summed E-state index contributed by atoms with van der Waals surface area (Å²) in [4.78, 5) is 52.2. The van der Waals surface area contributed by atoms with Crippen LogP contribution in [-0.4, -0.2) is 58.6 Å². The van der Waals surface area contributed by atoms with Crippen LogP contribution in [-0.2, 0) is 19.2 Å². The molecule has 2 fully saturated rings. The summed E-state index contributed by atoms with van der Waals surface area (Å²) in [5.74, 6) is -1.06. The summed E-state index contributed by atoms with van der Waals surface area (Å²) < 4.78 is 0. The molecule has 4 amide bonds. The van der Waals surface area contributed by atoms with Gasteiger partial charge in [-0.3, -0.25) is 30.0 Å². The zero-order chi connectivity index (χ0) is 22.5. The SMILES string of the molecule is O=C(CN1C=CCC(C(=O)NNC(=O)C2=CN(CC(=O)NC3CC3)C=CC2)=C1)NC1CC1. The first-order chi connectivity index (χ1) is 15.5. The largest absolute Gasteiger partial charge is 0.352 e. The third kappa shape index (κ3) is 6.47. The zero-order valence-electron chi connectivity index (χ0n) is 17.8. The van der Waals surface area contributed by atoms with Gasteiger partial charge in [0, 0.05) is 48.0 Å². The molecule has 0 atom stereocenters. The first-order valence-corrected chi connectivity index (χ1v) is 10.9. The number of hydrogen-bond acceptors (Lipinski definition) is 6. The van der Waals surface area contributed by atoms with Gasteiger partial charge in [0.1, 0.15) is 13.1 Å². The molecule has 2 aliphatic heterocycles. The van der Waals surface area contributed by atoms with E-state index in [1.54, 1.807) is 46.8 Å². The molecular weight excluding hydrogens is 412 g/mol. The Morgan fingerprint density at radius 1 is 0.719 bits per heavy atom. The fourth-order valence-electron chi connectivity index (χ4n) is 3.33. The van der Waals surface area contributed by atoms with E-state index in [4.69, 9.17) is 0 Å². The minimum atomic E-state index is -0.442. The van der Waals surface area contributed by atoms with E-state index in [-0.39, 0.29) is 37.0 Å². The topological polar surface area (TPSA) is 123 Å². The number of rotatable bonds is 8. The molecule has 10 nitrogen and oxygen atoms in total. The summed E-state index contributed by atoms with van der Waals surface area (Å²) in [5, 5.41) is 5.81. The molecule has 2 aliphatic carbocycles. The van der Waals surface area contributed by atoms with Crippen molar-refractivity contribution in [3.05, 3.63) is 48.1 Å². The Bertz CT molecular complexity index is 839. The van der Waals surface area contributed by atoms with Crippen molar-refractivity contribution in [2.45, 2.75) is 50.6 Å². The molecule has 4 N–H and O–H groups in total. The molecule has 4 aliphatic rings. The van der Waals surface area contributed by atoms with Gasteiger partial charge in [-0.15, -0.1) is 0 Å². The van der Waals surface area contributed by atoms with E-state index < -0.39 is 11.8 Å². The Morgan fingerprint density at radius 2 is 1.12 bits per heavy atom. The number of nitrogens with one attached hydrogen (secondary N) is 4. The lowest BCUT2D eigenvalue weighted by molar-refractivity contribution is -0.125. The predicted molar refractivity (Wildman–Crippen MR) is 116 cm³/mol. The van der Waals surface area contributed by atoms with Gasteiger partial charge >= 0.3 is 0 Å². The van der Waals surface area contributed by atoms with Crippen LogP contribution in [0.1, 0.15) is 38.5 Å². The van der Waals surface area contributed by atoms with Gasteiger partial charge in [-0.1, -0.05) is 12.2 Å². The first kappa shape index (κ1) is 21.7. The van der Waals surface area contributed by atoms with Crippen molar-refractivity contribution >= 4 is 23.6 Å². The molecule has 10 heteroatoms. The highest BCUT2D eigenvalue weighted by Gasteiger charge is 2.25. The van der Waals surface area contributed by atoms with Gasteiger partial charge in [-0.25, -0.2) is 0 Å². The van der Waals surface area contributed by atoms with Gasteiger partial charge < -0.3 is 20.4 Å². The Balaban J connectivity index is 1.24. The van der Waals surface area contributed by atoms with E-state index in [9.17, 15) is 19.2 Å². The standard InChI is InChI=1S/C22H28N6O4/c29-19(23-17-5-6-17)13-27-9-1-3-15(11-27)21(31)25-26-22(32)16-4-2-10-28(12-16)14-20(30)24-18-7-8-18/h1-2,9-12,17-18H,3-8,13-14H2,(H,23,29)(H,24,30)(H,25,31)(H,26,32). The lowest BCUT2D eigenvalue weighted by atomic mass is 10.1. The molecular formula is C22H28N6O4. The lowest BCUT2D eigenvalue weighted by Gasteiger charge is -2.22. The van der Waals surface area contributed by atoms with Crippen molar-refractivity contribution in [2.75, 3.05) is 13.1 Å². The minimum Gasteiger partial charge on any atom is -0.352 e. The van der Waals surface area contributed by atoms with E-state index in [0.29, 0.717) is 24.0 Å². The van der Waals surface area contributed by atoms with Crippen LogP contribution in [0.4, 0.5) is 0 Å². The summed E-state index contributed by atoms with van der Waals surface area (Å²) in [7, 11) is 0. The minimum absolute atomic E-state index is 0.0870. The zero-order valence-corrected chi connectivity index (χ0v) is 17.8. The van der Waals surface area contributed by atoms with Gasteiger partial charge in [0.25, 0.3) is 11.8 Å². The average Bonchev–Trinajstić information content (AvgIpc) is 3.70. The van der Waals surface area contributed by atoms with Crippen molar-refractivity contribution in [1.29, 1.82) is 0 Å². The van der Waals surface area contributed by atoms with Crippen LogP contribution in [0.3, 0.4) is 0 Å². The maximum atomic E-state index is 12.5. The molecule has 2 saturated carbocycles. The summed E-state index contributed by atoms with van der Waals surface area (Å²) in [6.45, 7) is 0.277. The first-order valence-electron chi connectivity index (χ1n) is 10.9. The van der Waals surface area contributed by atoms with Gasteiger partial charge in [0.05, 0.1) is 0 Å². The Kier molecular flexibility index (Phi) is 6.58. The normalized spacial score (nSPS) is 19.6. The highest BCUT2D eigenvalue weighted by atomic mass is 16.2. The third-order valence-corrected chi connectivity index (χ3v) is 5.32. The fraction of sp³-hybridized carbons (Fsp3) is 0.455. The van der Waals surface area contributed by atoms with Crippen molar-refractivity contribution in [3.63, 3.8) is 0 Å². The fourth-order valence-corrected chi connectivity index (χ4v) is 3.33. The van der Waals surface area contributed by atoms with E-state index in [1.807, 2.05) is 0 Å². The summed E-state index contributed by atoms with van der Waals surface area (Å²) >= 11 is 0. The maximum absolute atomic E-state index is 12.5. The van der Waals surface area contributed by atoms with Crippen molar-refractivity contribution in [2.24, 2.45) is 0 Å². The second-order valence-electron chi connectivity index (χ2n) is 8.42. The number of nitrogens with zero attached hydrogens (tertiary/aromatic N) is 2. The van der Waals surface area contributed by atoms with E-state index >= 15 is 0 Å². The quantitative estimate of drug-likeness (QED) is 0.391. The van der Waals surface area contributed by atoms with Crippen LogP contribution >= 0.6 is 0 Å². The molecule has 0 saturated heterocycles. The van der Waals surface area contributed by atoms with Gasteiger partial charge in [-0.05, 0) is 38.5 Å². The average molecular weight is 441 g/mol. The third-order valence-electron chi connectivity index (χ3n) is 5.32. The maximum Gasteiger partial charge on any atom is 0.267 e. The molecule has 2 heterocycles. The Labute approximate surface area is 186 Å². The van der Waals surface area contributed by atoms with Crippen molar-refractivity contribution in [1.82, 2.24) is 31.3 Å². The highest BCUT2D eigenvalue weighted by molar-refractivity contribution is 5.98. The number of carbonyl (C=O) groups is 4. The van der Waals surface area contributed by atoms with E-state index in [1.165, 1.54) is 0 Å². The summed E-state index contributed by atoms with van der Waals surface area (Å²) in [5.41, 5.74) is 5.72.